The molecule has 1 atom stereocenters. The van der Waals surface area contributed by atoms with E-state index in [1.807, 2.05) is 25.1 Å². The SMILES string of the molecule is COc1cc2cc(C(=O)N3C[C@@H](CCl)c4c3cc(O)c3cccc(C)c43)[nH]c2c(OC)c1OC. The maximum Gasteiger partial charge on any atom is 0.274 e. The van der Waals surface area contributed by atoms with Gasteiger partial charge < -0.3 is 29.2 Å². The number of halogens is 1. The van der Waals surface area contributed by atoms with Crippen LogP contribution in [-0.2, 0) is 0 Å². The van der Waals surface area contributed by atoms with Crippen LogP contribution in [0.4, 0.5) is 5.69 Å². The van der Waals surface area contributed by atoms with Crippen LogP contribution in [0.25, 0.3) is 21.7 Å². The molecule has 1 aliphatic rings. The first-order valence-corrected chi connectivity index (χ1v) is 11.4. The average Bonchev–Trinajstić information content (AvgIpc) is 3.43. The molecule has 0 fully saturated rings. The minimum Gasteiger partial charge on any atom is -0.507 e. The number of carbonyl (C=O) groups excluding carboxylic acids is 1. The molecule has 1 aromatic heterocycles. The molecule has 2 N–H and O–H groups in total. The highest BCUT2D eigenvalue weighted by atomic mass is 35.5. The number of anilines is 1. The Balaban J connectivity index is 1.66. The highest BCUT2D eigenvalue weighted by Crippen LogP contribution is 2.47. The number of nitrogens with zero attached hydrogens (tertiary/aromatic N) is 1. The van der Waals surface area contributed by atoms with E-state index in [-0.39, 0.29) is 17.6 Å². The molecule has 0 bridgehead atoms. The number of methoxy groups -OCH3 is 3. The van der Waals surface area contributed by atoms with Crippen LogP contribution in [0.3, 0.4) is 0 Å². The summed E-state index contributed by atoms with van der Waals surface area (Å²) in [5, 5.41) is 13.2. The van der Waals surface area contributed by atoms with E-state index in [0.717, 1.165) is 27.3 Å². The molecular weight excluding hydrogens is 456 g/mol. The highest BCUT2D eigenvalue weighted by molar-refractivity contribution is 6.19. The molecule has 0 spiro atoms. The van der Waals surface area contributed by atoms with E-state index >= 15 is 0 Å². The van der Waals surface area contributed by atoms with Crippen molar-refractivity contribution in [3.05, 3.63) is 53.2 Å². The zero-order valence-electron chi connectivity index (χ0n) is 19.4. The molecule has 0 aliphatic carbocycles. The number of nitrogens with one attached hydrogen (secondary N) is 1. The van der Waals surface area contributed by atoms with E-state index in [4.69, 9.17) is 25.8 Å². The highest BCUT2D eigenvalue weighted by Gasteiger charge is 2.36. The molecule has 2 heterocycles. The van der Waals surface area contributed by atoms with Crippen LogP contribution in [0, 0.1) is 6.92 Å². The van der Waals surface area contributed by atoms with E-state index in [0.29, 0.717) is 46.6 Å². The van der Waals surface area contributed by atoms with Gasteiger partial charge in [-0.2, -0.15) is 0 Å². The van der Waals surface area contributed by atoms with Crippen LogP contribution >= 0.6 is 11.6 Å². The lowest BCUT2D eigenvalue weighted by Gasteiger charge is -2.18. The lowest BCUT2D eigenvalue weighted by molar-refractivity contribution is 0.0984. The number of hydrogen-bond donors (Lipinski definition) is 2. The minimum atomic E-state index is -0.225. The van der Waals surface area contributed by atoms with Crippen molar-refractivity contribution in [2.24, 2.45) is 0 Å². The van der Waals surface area contributed by atoms with Crippen molar-refractivity contribution in [1.29, 1.82) is 0 Å². The van der Waals surface area contributed by atoms with Gasteiger partial charge in [0.05, 0.1) is 32.5 Å². The number of phenols is 1. The molecule has 8 heteroatoms. The second kappa shape index (κ2) is 8.33. The van der Waals surface area contributed by atoms with Gasteiger partial charge in [-0.3, -0.25) is 4.79 Å². The van der Waals surface area contributed by atoms with Crippen molar-refractivity contribution in [2.75, 3.05) is 38.7 Å². The van der Waals surface area contributed by atoms with E-state index < -0.39 is 0 Å². The van der Waals surface area contributed by atoms with Crippen LogP contribution in [0.1, 0.15) is 27.5 Å². The summed E-state index contributed by atoms with van der Waals surface area (Å²) < 4.78 is 16.5. The Hall–Kier alpha value is -3.58. The fraction of sp³-hybridized carbons (Fsp3) is 0.269. The number of rotatable bonds is 5. The number of H-pyrrole nitrogens is 1. The summed E-state index contributed by atoms with van der Waals surface area (Å²) in [7, 11) is 4.62. The van der Waals surface area contributed by atoms with E-state index in [1.165, 1.54) is 14.2 Å². The van der Waals surface area contributed by atoms with Crippen molar-refractivity contribution in [2.45, 2.75) is 12.8 Å². The van der Waals surface area contributed by atoms with E-state index in [9.17, 15) is 9.90 Å². The van der Waals surface area contributed by atoms with Crippen molar-refractivity contribution in [3.63, 3.8) is 0 Å². The number of aromatic amines is 1. The molecule has 5 rings (SSSR count). The number of aromatic hydroxyl groups is 1. The Labute approximate surface area is 201 Å². The molecule has 0 saturated heterocycles. The third-order valence-electron chi connectivity index (χ3n) is 6.55. The molecule has 1 aliphatic heterocycles. The quantitative estimate of drug-likeness (QED) is 0.376. The lowest BCUT2D eigenvalue weighted by Crippen LogP contribution is -2.30. The predicted octanol–water partition coefficient (Wildman–Crippen LogP) is 5.34. The summed E-state index contributed by atoms with van der Waals surface area (Å²) in [6.07, 6.45) is 0. The summed E-state index contributed by atoms with van der Waals surface area (Å²) in [5.41, 5.74) is 3.72. The number of fused-ring (bicyclic) bond motifs is 4. The zero-order chi connectivity index (χ0) is 24.1. The molecule has 7 nitrogen and oxygen atoms in total. The van der Waals surface area contributed by atoms with Gasteiger partial charge in [0.15, 0.2) is 11.5 Å². The standard InChI is InChI=1S/C26H25ClN2O5/c1-13-6-5-7-16-19(30)10-18-22(21(13)16)15(11-27)12-29(18)26(31)17-8-14-9-20(32-2)24(33-3)25(34-4)23(14)28-17/h5-10,15,28,30H,11-12H2,1-4H3/t15-/m1/s1. The van der Waals surface area contributed by atoms with Crippen LogP contribution in [0.15, 0.2) is 36.4 Å². The number of phenolic OH excluding ortho intramolecular Hbond substituents is 1. The van der Waals surface area contributed by atoms with Gasteiger partial charge in [-0.25, -0.2) is 0 Å². The fourth-order valence-corrected chi connectivity index (χ4v) is 5.27. The first-order valence-electron chi connectivity index (χ1n) is 10.9. The van der Waals surface area contributed by atoms with Gasteiger partial charge in [-0.05, 0) is 35.6 Å². The van der Waals surface area contributed by atoms with Gasteiger partial charge in [0.25, 0.3) is 5.91 Å². The Bertz CT molecular complexity index is 1440. The summed E-state index contributed by atoms with van der Waals surface area (Å²) in [5.74, 6) is 1.62. The van der Waals surface area contributed by atoms with Crippen molar-refractivity contribution in [3.8, 4) is 23.0 Å². The molecule has 3 aromatic carbocycles. The fourth-order valence-electron chi connectivity index (χ4n) is 5.02. The summed E-state index contributed by atoms with van der Waals surface area (Å²) in [6.45, 7) is 2.42. The molecule has 176 valence electrons. The second-order valence-corrected chi connectivity index (χ2v) is 8.69. The molecule has 0 unspecified atom stereocenters. The van der Waals surface area contributed by atoms with E-state index in [1.54, 1.807) is 30.2 Å². The maximum absolute atomic E-state index is 13.7. The molecule has 0 saturated carbocycles. The van der Waals surface area contributed by atoms with Gasteiger partial charge in [-0.1, -0.05) is 18.2 Å². The lowest BCUT2D eigenvalue weighted by atomic mass is 9.92. The largest absolute Gasteiger partial charge is 0.507 e. The topological polar surface area (TPSA) is 84.0 Å². The summed E-state index contributed by atoms with van der Waals surface area (Å²) in [4.78, 5) is 18.6. The second-order valence-electron chi connectivity index (χ2n) is 8.39. The van der Waals surface area contributed by atoms with Crippen molar-refractivity contribution < 1.29 is 24.1 Å². The average molecular weight is 481 g/mol. The normalized spacial score (nSPS) is 15.1. The number of hydrogen-bond acceptors (Lipinski definition) is 5. The number of aryl methyl sites for hydroxylation is 1. The first-order chi connectivity index (χ1) is 16.4. The third-order valence-corrected chi connectivity index (χ3v) is 6.92. The van der Waals surface area contributed by atoms with Gasteiger partial charge in [0.1, 0.15) is 11.4 Å². The molecular formula is C26H25ClN2O5. The zero-order valence-corrected chi connectivity index (χ0v) is 20.1. The Morgan fingerprint density at radius 1 is 1.15 bits per heavy atom. The number of amides is 1. The van der Waals surface area contributed by atoms with Crippen molar-refractivity contribution >= 4 is 44.9 Å². The molecule has 1 amide bonds. The Kier molecular flexibility index (Phi) is 5.44. The van der Waals surface area contributed by atoms with Crippen LogP contribution < -0.4 is 19.1 Å². The molecule has 0 radical (unpaired) electrons. The Morgan fingerprint density at radius 3 is 2.59 bits per heavy atom. The smallest absolute Gasteiger partial charge is 0.274 e. The number of aromatic nitrogens is 1. The Morgan fingerprint density at radius 2 is 1.91 bits per heavy atom. The number of ether oxygens (including phenoxy) is 3. The monoisotopic (exact) mass is 480 g/mol. The van der Waals surface area contributed by atoms with Gasteiger partial charge in [0.2, 0.25) is 5.75 Å². The minimum absolute atomic E-state index is 0.0519. The van der Waals surface area contributed by atoms with E-state index in [2.05, 4.69) is 4.98 Å². The molecule has 4 aromatic rings. The number of carbonyl (C=O) groups is 1. The number of benzene rings is 3. The van der Waals surface area contributed by atoms with Crippen LogP contribution in [0.5, 0.6) is 23.0 Å². The van der Waals surface area contributed by atoms with Gasteiger partial charge >= 0.3 is 0 Å². The first kappa shape index (κ1) is 22.2. The number of alkyl halides is 1. The van der Waals surface area contributed by atoms with Gasteiger partial charge in [-0.15, -0.1) is 11.6 Å². The van der Waals surface area contributed by atoms with Crippen LogP contribution in [-0.4, -0.2) is 49.8 Å². The summed E-state index contributed by atoms with van der Waals surface area (Å²) in [6, 6.07) is 11.0. The predicted molar refractivity (Wildman–Crippen MR) is 133 cm³/mol. The molecule has 34 heavy (non-hydrogen) atoms. The summed E-state index contributed by atoms with van der Waals surface area (Å²) >= 11 is 6.36. The third kappa shape index (κ3) is 3.15. The van der Waals surface area contributed by atoms with Crippen LogP contribution in [0.2, 0.25) is 0 Å². The van der Waals surface area contributed by atoms with Gasteiger partial charge in [0, 0.05) is 35.2 Å². The maximum atomic E-state index is 13.7. The van der Waals surface area contributed by atoms with Crippen molar-refractivity contribution in [1.82, 2.24) is 4.98 Å².